The first kappa shape index (κ1) is 13.0. The third-order valence-corrected chi connectivity index (χ3v) is 3.14. The van der Waals surface area contributed by atoms with Crippen LogP contribution in [0, 0.1) is 11.6 Å². The van der Waals surface area contributed by atoms with Crippen LogP contribution >= 0.6 is 0 Å². The van der Waals surface area contributed by atoms with Crippen LogP contribution in [-0.4, -0.2) is 21.0 Å². The van der Waals surface area contributed by atoms with E-state index in [1.807, 2.05) is 0 Å². The predicted molar refractivity (Wildman–Crippen MR) is 55.2 cm³/mol. The van der Waals surface area contributed by atoms with Crippen LogP contribution in [0.2, 0.25) is 0 Å². The van der Waals surface area contributed by atoms with Gasteiger partial charge in [-0.05, 0) is 19.1 Å². The first-order valence-corrected chi connectivity index (χ1v) is 6.01. The molecule has 0 aromatic heterocycles. The molecule has 0 saturated carbocycles. The SMILES string of the molecule is CC(N)CNS(=O)(=O)c1cc(F)cc(F)c1. The second-order valence-electron chi connectivity index (χ2n) is 3.43. The highest BCUT2D eigenvalue weighted by atomic mass is 32.2. The van der Waals surface area contributed by atoms with Crippen LogP contribution < -0.4 is 10.5 Å². The number of nitrogens with one attached hydrogen (secondary N) is 1. The quantitative estimate of drug-likeness (QED) is 0.821. The summed E-state index contributed by atoms with van der Waals surface area (Å²) in [5.74, 6) is -1.89. The van der Waals surface area contributed by atoms with Gasteiger partial charge in [-0.15, -0.1) is 0 Å². The summed E-state index contributed by atoms with van der Waals surface area (Å²) < 4.78 is 50.8. The highest BCUT2D eigenvalue weighted by molar-refractivity contribution is 7.89. The molecule has 0 aliphatic rings. The van der Waals surface area contributed by atoms with Crippen molar-refractivity contribution in [1.29, 1.82) is 0 Å². The lowest BCUT2D eigenvalue weighted by Crippen LogP contribution is -2.35. The van der Waals surface area contributed by atoms with Crippen molar-refractivity contribution in [3.63, 3.8) is 0 Å². The minimum atomic E-state index is -3.91. The normalized spacial score (nSPS) is 13.8. The van der Waals surface area contributed by atoms with E-state index in [9.17, 15) is 17.2 Å². The number of hydrogen-bond acceptors (Lipinski definition) is 3. The molecular weight excluding hydrogens is 238 g/mol. The van der Waals surface area contributed by atoms with E-state index in [-0.39, 0.29) is 12.6 Å². The van der Waals surface area contributed by atoms with Crippen LogP contribution in [0.1, 0.15) is 6.92 Å². The van der Waals surface area contributed by atoms with E-state index in [0.29, 0.717) is 6.07 Å². The Kier molecular flexibility index (Phi) is 3.95. The summed E-state index contributed by atoms with van der Waals surface area (Å²) in [6, 6.07) is 1.71. The van der Waals surface area contributed by atoms with E-state index in [0.717, 1.165) is 12.1 Å². The topological polar surface area (TPSA) is 72.2 Å². The van der Waals surface area contributed by atoms with Gasteiger partial charge >= 0.3 is 0 Å². The molecule has 16 heavy (non-hydrogen) atoms. The van der Waals surface area contributed by atoms with Gasteiger partial charge in [-0.1, -0.05) is 0 Å². The van der Waals surface area contributed by atoms with Gasteiger partial charge in [-0.25, -0.2) is 21.9 Å². The van der Waals surface area contributed by atoms with Gasteiger partial charge in [-0.3, -0.25) is 0 Å². The standard InChI is InChI=1S/C9H12F2N2O2S/c1-6(12)5-13-16(14,15)9-3-7(10)2-8(11)4-9/h2-4,6,13H,5,12H2,1H3. The fraction of sp³-hybridized carbons (Fsp3) is 0.333. The molecule has 1 aromatic rings. The van der Waals surface area contributed by atoms with Gasteiger partial charge in [0.2, 0.25) is 10.0 Å². The third-order valence-electron chi connectivity index (χ3n) is 1.74. The Hall–Kier alpha value is -1.05. The molecule has 0 saturated heterocycles. The Balaban J connectivity index is 2.98. The third kappa shape index (κ3) is 3.51. The van der Waals surface area contributed by atoms with Crippen molar-refractivity contribution in [3.05, 3.63) is 29.8 Å². The first-order valence-electron chi connectivity index (χ1n) is 4.52. The Morgan fingerprint density at radius 2 is 1.81 bits per heavy atom. The molecule has 0 heterocycles. The lowest BCUT2D eigenvalue weighted by atomic mass is 10.3. The number of sulfonamides is 1. The maximum absolute atomic E-state index is 12.8. The monoisotopic (exact) mass is 250 g/mol. The van der Waals surface area contributed by atoms with E-state index in [1.54, 1.807) is 6.92 Å². The smallest absolute Gasteiger partial charge is 0.240 e. The Bertz CT molecular complexity index is 454. The molecule has 90 valence electrons. The Morgan fingerprint density at radius 1 is 1.31 bits per heavy atom. The van der Waals surface area contributed by atoms with Crippen LogP contribution in [0.5, 0.6) is 0 Å². The molecular formula is C9H12F2N2O2S. The summed E-state index contributed by atoms with van der Waals surface area (Å²) in [5.41, 5.74) is 5.36. The molecule has 0 amide bonds. The summed E-state index contributed by atoms with van der Waals surface area (Å²) in [6.07, 6.45) is 0. The highest BCUT2D eigenvalue weighted by Crippen LogP contribution is 2.13. The predicted octanol–water partition coefficient (Wildman–Crippen LogP) is 0.590. The molecule has 0 aliphatic carbocycles. The number of hydrogen-bond donors (Lipinski definition) is 2. The van der Waals surface area contributed by atoms with Crippen LogP contribution in [0.4, 0.5) is 8.78 Å². The number of nitrogens with two attached hydrogens (primary N) is 1. The second kappa shape index (κ2) is 4.86. The van der Waals surface area contributed by atoms with Gasteiger partial charge in [0, 0.05) is 18.7 Å². The highest BCUT2D eigenvalue weighted by Gasteiger charge is 2.16. The molecule has 1 atom stereocenters. The van der Waals surface area contributed by atoms with E-state index < -0.39 is 26.6 Å². The molecule has 1 rings (SSSR count). The maximum Gasteiger partial charge on any atom is 0.240 e. The molecule has 3 N–H and O–H groups in total. The van der Waals surface area contributed by atoms with Crippen molar-refractivity contribution in [2.75, 3.05) is 6.54 Å². The van der Waals surface area contributed by atoms with Gasteiger partial charge in [0.05, 0.1) is 4.90 Å². The fourth-order valence-corrected chi connectivity index (χ4v) is 2.19. The van der Waals surface area contributed by atoms with Crippen molar-refractivity contribution in [3.8, 4) is 0 Å². The number of rotatable bonds is 4. The van der Waals surface area contributed by atoms with Gasteiger partial charge in [-0.2, -0.15) is 0 Å². The summed E-state index contributed by atoms with van der Waals surface area (Å²) >= 11 is 0. The van der Waals surface area contributed by atoms with Gasteiger partial charge in [0.15, 0.2) is 0 Å². The molecule has 0 bridgehead atoms. The van der Waals surface area contributed by atoms with Crippen molar-refractivity contribution >= 4 is 10.0 Å². The molecule has 0 radical (unpaired) electrons. The van der Waals surface area contributed by atoms with Crippen molar-refractivity contribution in [1.82, 2.24) is 4.72 Å². The van der Waals surface area contributed by atoms with E-state index in [4.69, 9.17) is 5.73 Å². The van der Waals surface area contributed by atoms with Crippen LogP contribution in [-0.2, 0) is 10.0 Å². The zero-order valence-corrected chi connectivity index (χ0v) is 9.39. The Labute approximate surface area is 92.5 Å². The zero-order valence-electron chi connectivity index (χ0n) is 8.57. The van der Waals surface area contributed by atoms with Gasteiger partial charge in [0.25, 0.3) is 0 Å². The Morgan fingerprint density at radius 3 is 2.25 bits per heavy atom. The van der Waals surface area contributed by atoms with Crippen LogP contribution in [0.3, 0.4) is 0 Å². The maximum atomic E-state index is 12.8. The van der Waals surface area contributed by atoms with E-state index >= 15 is 0 Å². The largest absolute Gasteiger partial charge is 0.327 e. The lowest BCUT2D eigenvalue weighted by Gasteiger charge is -2.08. The van der Waals surface area contributed by atoms with Crippen LogP contribution in [0.25, 0.3) is 0 Å². The molecule has 0 aliphatic heterocycles. The van der Waals surface area contributed by atoms with Crippen molar-refractivity contribution in [2.24, 2.45) is 5.73 Å². The van der Waals surface area contributed by atoms with E-state index in [1.165, 1.54) is 0 Å². The van der Waals surface area contributed by atoms with Crippen molar-refractivity contribution in [2.45, 2.75) is 17.9 Å². The summed E-state index contributed by atoms with van der Waals surface area (Å²) in [7, 11) is -3.91. The summed E-state index contributed by atoms with van der Waals surface area (Å²) in [5, 5.41) is 0. The molecule has 1 unspecified atom stereocenters. The molecule has 0 fully saturated rings. The summed E-state index contributed by atoms with van der Waals surface area (Å²) in [4.78, 5) is -0.453. The van der Waals surface area contributed by atoms with Gasteiger partial charge < -0.3 is 5.73 Å². The average molecular weight is 250 g/mol. The van der Waals surface area contributed by atoms with E-state index in [2.05, 4.69) is 4.72 Å². The summed E-state index contributed by atoms with van der Waals surface area (Å²) in [6.45, 7) is 1.61. The molecule has 0 spiro atoms. The fourth-order valence-electron chi connectivity index (χ4n) is 1.01. The number of benzene rings is 1. The minimum Gasteiger partial charge on any atom is -0.327 e. The lowest BCUT2D eigenvalue weighted by molar-refractivity contribution is 0.558. The molecule has 7 heteroatoms. The average Bonchev–Trinajstić information content (AvgIpc) is 2.13. The minimum absolute atomic E-state index is 0.000462. The first-order chi connectivity index (χ1) is 7.31. The molecule has 4 nitrogen and oxygen atoms in total. The molecule has 1 aromatic carbocycles. The zero-order chi connectivity index (χ0) is 12.3. The second-order valence-corrected chi connectivity index (χ2v) is 5.20. The van der Waals surface area contributed by atoms with Gasteiger partial charge in [0.1, 0.15) is 11.6 Å². The van der Waals surface area contributed by atoms with Crippen molar-refractivity contribution < 1.29 is 17.2 Å². The van der Waals surface area contributed by atoms with Crippen LogP contribution in [0.15, 0.2) is 23.1 Å². The number of halogens is 2.